The standard InChI is InChI=1S/C15H19NO4/c1-10(11-7-5-4-6-8-11)16-12(14(17)19-2)9-13(16)15(18)20-3/h4-8,10,12-13H,9H2,1-3H3. The van der Waals surface area contributed by atoms with Crippen LogP contribution in [0.2, 0.25) is 0 Å². The molecule has 0 N–H and O–H groups in total. The second kappa shape index (κ2) is 6.05. The molecule has 5 heteroatoms. The molecule has 5 nitrogen and oxygen atoms in total. The van der Waals surface area contributed by atoms with Gasteiger partial charge in [-0.1, -0.05) is 30.3 Å². The zero-order valence-corrected chi connectivity index (χ0v) is 11.9. The highest BCUT2D eigenvalue weighted by Gasteiger charge is 2.50. The van der Waals surface area contributed by atoms with Crippen LogP contribution in [0.3, 0.4) is 0 Å². The third kappa shape index (κ3) is 2.54. The number of benzene rings is 1. The van der Waals surface area contributed by atoms with E-state index in [0.29, 0.717) is 6.42 Å². The summed E-state index contributed by atoms with van der Waals surface area (Å²) in [5, 5.41) is 0. The Kier molecular flexibility index (Phi) is 4.39. The number of nitrogens with zero attached hydrogens (tertiary/aromatic N) is 1. The van der Waals surface area contributed by atoms with Gasteiger partial charge >= 0.3 is 11.9 Å². The van der Waals surface area contributed by atoms with Crippen LogP contribution in [0.1, 0.15) is 24.9 Å². The van der Waals surface area contributed by atoms with Gasteiger partial charge in [-0.3, -0.25) is 14.5 Å². The Labute approximate surface area is 118 Å². The van der Waals surface area contributed by atoms with Crippen molar-refractivity contribution in [2.75, 3.05) is 14.2 Å². The van der Waals surface area contributed by atoms with Crippen molar-refractivity contribution in [3.05, 3.63) is 35.9 Å². The first-order valence-corrected chi connectivity index (χ1v) is 6.58. The smallest absolute Gasteiger partial charge is 0.323 e. The van der Waals surface area contributed by atoms with E-state index >= 15 is 0 Å². The molecule has 2 rings (SSSR count). The van der Waals surface area contributed by atoms with E-state index in [-0.39, 0.29) is 30.1 Å². The van der Waals surface area contributed by atoms with E-state index in [1.807, 2.05) is 42.2 Å². The second-order valence-corrected chi connectivity index (χ2v) is 4.85. The molecule has 1 saturated heterocycles. The van der Waals surface area contributed by atoms with Gasteiger partial charge in [0.2, 0.25) is 0 Å². The van der Waals surface area contributed by atoms with E-state index < -0.39 is 0 Å². The summed E-state index contributed by atoms with van der Waals surface area (Å²) in [6.45, 7) is 1.97. The molecule has 1 aliphatic rings. The topological polar surface area (TPSA) is 55.8 Å². The molecule has 3 unspecified atom stereocenters. The van der Waals surface area contributed by atoms with Gasteiger partial charge in [0.15, 0.2) is 0 Å². The number of esters is 2. The summed E-state index contributed by atoms with van der Waals surface area (Å²) in [6.07, 6.45) is 0.441. The van der Waals surface area contributed by atoms with Gasteiger partial charge in [-0.25, -0.2) is 0 Å². The Morgan fingerprint density at radius 1 is 1.10 bits per heavy atom. The number of carbonyl (C=O) groups is 2. The predicted octanol–water partition coefficient (Wildman–Crippen LogP) is 1.54. The molecular weight excluding hydrogens is 258 g/mol. The summed E-state index contributed by atoms with van der Waals surface area (Å²) in [5.41, 5.74) is 1.05. The highest BCUT2D eigenvalue weighted by molar-refractivity contribution is 5.84. The molecule has 1 aromatic rings. The van der Waals surface area contributed by atoms with Crippen LogP contribution in [-0.4, -0.2) is 43.1 Å². The van der Waals surface area contributed by atoms with Gasteiger partial charge in [0.05, 0.1) is 14.2 Å². The van der Waals surface area contributed by atoms with E-state index in [9.17, 15) is 9.59 Å². The summed E-state index contributed by atoms with van der Waals surface area (Å²) >= 11 is 0. The maximum atomic E-state index is 11.8. The monoisotopic (exact) mass is 277 g/mol. The molecule has 0 aliphatic carbocycles. The average Bonchev–Trinajstić information content (AvgIpc) is 2.46. The SMILES string of the molecule is COC(=O)C1CC(C(=O)OC)N1C(C)c1ccccc1. The van der Waals surface area contributed by atoms with Crippen LogP contribution >= 0.6 is 0 Å². The average molecular weight is 277 g/mol. The van der Waals surface area contributed by atoms with Crippen LogP contribution < -0.4 is 0 Å². The summed E-state index contributed by atoms with van der Waals surface area (Å²) in [5.74, 6) is -0.624. The van der Waals surface area contributed by atoms with Crippen molar-refractivity contribution in [3.8, 4) is 0 Å². The lowest BCUT2D eigenvalue weighted by Gasteiger charge is -2.48. The molecule has 3 atom stereocenters. The Balaban J connectivity index is 2.22. The van der Waals surface area contributed by atoms with E-state index in [2.05, 4.69) is 0 Å². The molecule has 0 bridgehead atoms. The van der Waals surface area contributed by atoms with Crippen molar-refractivity contribution in [3.63, 3.8) is 0 Å². The minimum atomic E-state index is -0.390. The minimum Gasteiger partial charge on any atom is -0.468 e. The highest BCUT2D eigenvalue weighted by atomic mass is 16.5. The van der Waals surface area contributed by atoms with E-state index in [1.54, 1.807) is 0 Å². The molecule has 0 amide bonds. The quantitative estimate of drug-likeness (QED) is 0.781. The van der Waals surface area contributed by atoms with E-state index in [1.165, 1.54) is 14.2 Å². The van der Waals surface area contributed by atoms with Crippen molar-refractivity contribution < 1.29 is 19.1 Å². The number of ether oxygens (including phenoxy) is 2. The number of carbonyl (C=O) groups excluding carboxylic acids is 2. The van der Waals surface area contributed by atoms with Crippen LogP contribution in [0.25, 0.3) is 0 Å². The first kappa shape index (κ1) is 14.5. The molecule has 108 valence electrons. The number of methoxy groups -OCH3 is 2. The maximum Gasteiger partial charge on any atom is 0.323 e. The Bertz CT molecular complexity index is 466. The summed E-state index contributed by atoms with van der Waals surface area (Å²) in [7, 11) is 2.72. The largest absolute Gasteiger partial charge is 0.468 e. The molecule has 1 aliphatic heterocycles. The minimum absolute atomic E-state index is 0.0573. The third-order valence-electron chi connectivity index (χ3n) is 3.84. The van der Waals surface area contributed by atoms with Gasteiger partial charge in [-0.05, 0) is 18.9 Å². The molecule has 0 spiro atoms. The molecule has 0 saturated carbocycles. The van der Waals surface area contributed by atoms with Crippen LogP contribution in [0.5, 0.6) is 0 Å². The molecule has 20 heavy (non-hydrogen) atoms. The molecular formula is C15H19NO4. The van der Waals surface area contributed by atoms with E-state index in [0.717, 1.165) is 5.56 Å². The highest BCUT2D eigenvalue weighted by Crippen LogP contribution is 2.36. The number of hydrogen-bond donors (Lipinski definition) is 0. The molecule has 1 fully saturated rings. The zero-order valence-electron chi connectivity index (χ0n) is 11.9. The van der Waals surface area contributed by atoms with Crippen LogP contribution in [-0.2, 0) is 19.1 Å². The summed E-state index contributed by atoms with van der Waals surface area (Å²) in [6, 6.07) is 8.92. The van der Waals surface area contributed by atoms with Gasteiger partial charge < -0.3 is 9.47 Å². The third-order valence-corrected chi connectivity index (χ3v) is 3.84. The molecule has 1 heterocycles. The first-order valence-electron chi connectivity index (χ1n) is 6.58. The van der Waals surface area contributed by atoms with E-state index in [4.69, 9.17) is 9.47 Å². The van der Waals surface area contributed by atoms with Crippen molar-refractivity contribution >= 4 is 11.9 Å². The Morgan fingerprint density at radius 2 is 1.60 bits per heavy atom. The summed E-state index contributed by atoms with van der Waals surface area (Å²) < 4.78 is 9.60. The molecule has 1 aromatic carbocycles. The number of hydrogen-bond acceptors (Lipinski definition) is 5. The lowest BCUT2D eigenvalue weighted by atomic mass is 9.88. The Morgan fingerprint density at radius 3 is 2.05 bits per heavy atom. The first-order chi connectivity index (χ1) is 9.60. The summed E-state index contributed by atoms with van der Waals surface area (Å²) in [4.78, 5) is 25.4. The van der Waals surface area contributed by atoms with Crippen molar-refractivity contribution in [2.45, 2.75) is 31.5 Å². The van der Waals surface area contributed by atoms with Crippen LogP contribution in [0.15, 0.2) is 30.3 Å². The number of rotatable bonds is 4. The molecule has 0 radical (unpaired) electrons. The predicted molar refractivity (Wildman–Crippen MR) is 72.9 cm³/mol. The Hall–Kier alpha value is -1.88. The number of likely N-dealkylation sites (tertiary alicyclic amines) is 1. The van der Waals surface area contributed by atoms with Gasteiger partial charge in [0.1, 0.15) is 12.1 Å². The fraction of sp³-hybridized carbons (Fsp3) is 0.467. The van der Waals surface area contributed by atoms with Crippen molar-refractivity contribution in [2.24, 2.45) is 0 Å². The normalized spacial score (nSPS) is 23.6. The lowest BCUT2D eigenvalue weighted by molar-refractivity contribution is -0.171. The fourth-order valence-corrected chi connectivity index (χ4v) is 2.69. The van der Waals surface area contributed by atoms with Crippen LogP contribution in [0, 0.1) is 0 Å². The van der Waals surface area contributed by atoms with Crippen molar-refractivity contribution in [1.29, 1.82) is 0 Å². The maximum absolute atomic E-state index is 11.8. The fourth-order valence-electron chi connectivity index (χ4n) is 2.69. The zero-order chi connectivity index (χ0) is 14.7. The lowest BCUT2D eigenvalue weighted by Crippen LogP contribution is -2.63. The second-order valence-electron chi connectivity index (χ2n) is 4.85. The van der Waals surface area contributed by atoms with Gasteiger partial charge in [0.25, 0.3) is 0 Å². The van der Waals surface area contributed by atoms with Gasteiger partial charge in [0, 0.05) is 6.04 Å². The van der Waals surface area contributed by atoms with Crippen molar-refractivity contribution in [1.82, 2.24) is 4.90 Å². The van der Waals surface area contributed by atoms with Gasteiger partial charge in [-0.15, -0.1) is 0 Å². The molecule has 0 aromatic heterocycles. The van der Waals surface area contributed by atoms with Crippen LogP contribution in [0.4, 0.5) is 0 Å². The van der Waals surface area contributed by atoms with Gasteiger partial charge in [-0.2, -0.15) is 0 Å².